The molecule has 0 spiro atoms. The van der Waals surface area contributed by atoms with E-state index >= 15 is 0 Å². The van der Waals surface area contributed by atoms with Gasteiger partial charge in [0.1, 0.15) is 0 Å². The summed E-state index contributed by atoms with van der Waals surface area (Å²) in [5.74, 6) is -0.754. The van der Waals surface area contributed by atoms with Crippen molar-refractivity contribution in [3.05, 3.63) is 59.9 Å². The van der Waals surface area contributed by atoms with Crippen LogP contribution in [-0.4, -0.2) is 54.6 Å². The monoisotopic (exact) mass is 392 g/mol. The predicted molar refractivity (Wildman–Crippen MR) is 101 cm³/mol. The SMILES string of the molecule is C[C@@H](CN1CCN(c2ccccc2)CC1)NC(=O)c1cccnc1C(F)(F)F. The number of carbonyl (C=O) groups is 1. The van der Waals surface area contributed by atoms with Crippen LogP contribution in [0.25, 0.3) is 0 Å². The average molecular weight is 392 g/mol. The van der Waals surface area contributed by atoms with Crippen LogP contribution in [0.1, 0.15) is 23.0 Å². The fraction of sp³-hybridized carbons (Fsp3) is 0.400. The normalized spacial score (nSPS) is 16.6. The van der Waals surface area contributed by atoms with Crippen molar-refractivity contribution in [2.24, 2.45) is 0 Å². The molecule has 150 valence electrons. The topological polar surface area (TPSA) is 48.5 Å². The van der Waals surface area contributed by atoms with Crippen LogP contribution in [0.5, 0.6) is 0 Å². The van der Waals surface area contributed by atoms with Gasteiger partial charge in [-0.1, -0.05) is 18.2 Å². The van der Waals surface area contributed by atoms with Gasteiger partial charge in [0.25, 0.3) is 5.91 Å². The summed E-state index contributed by atoms with van der Waals surface area (Å²) in [6, 6.07) is 12.3. The van der Waals surface area contributed by atoms with Gasteiger partial charge in [-0.2, -0.15) is 13.2 Å². The van der Waals surface area contributed by atoms with Crippen LogP contribution in [0.15, 0.2) is 48.7 Å². The summed E-state index contributed by atoms with van der Waals surface area (Å²) < 4.78 is 39.1. The fourth-order valence-electron chi connectivity index (χ4n) is 3.38. The molecule has 3 rings (SSSR count). The van der Waals surface area contributed by atoms with Crippen molar-refractivity contribution in [2.75, 3.05) is 37.6 Å². The van der Waals surface area contributed by atoms with E-state index in [1.807, 2.05) is 18.2 Å². The first-order chi connectivity index (χ1) is 13.3. The third-order valence-electron chi connectivity index (χ3n) is 4.72. The zero-order chi connectivity index (χ0) is 20.1. The number of hydrogen-bond donors (Lipinski definition) is 1. The minimum Gasteiger partial charge on any atom is -0.369 e. The summed E-state index contributed by atoms with van der Waals surface area (Å²) in [6.07, 6.45) is -3.62. The summed E-state index contributed by atoms with van der Waals surface area (Å²) in [7, 11) is 0. The molecule has 28 heavy (non-hydrogen) atoms. The number of halogens is 3. The molecule has 1 aromatic heterocycles. The van der Waals surface area contributed by atoms with Crippen molar-refractivity contribution >= 4 is 11.6 Å². The first-order valence-electron chi connectivity index (χ1n) is 9.20. The van der Waals surface area contributed by atoms with Crippen LogP contribution in [0, 0.1) is 0 Å². The third kappa shape index (κ3) is 5.01. The Morgan fingerprint density at radius 2 is 1.79 bits per heavy atom. The van der Waals surface area contributed by atoms with Gasteiger partial charge in [0.15, 0.2) is 5.69 Å². The highest BCUT2D eigenvalue weighted by Crippen LogP contribution is 2.30. The third-order valence-corrected chi connectivity index (χ3v) is 4.72. The van der Waals surface area contributed by atoms with Crippen LogP contribution < -0.4 is 10.2 Å². The van der Waals surface area contributed by atoms with Crippen LogP contribution >= 0.6 is 0 Å². The van der Waals surface area contributed by atoms with E-state index in [-0.39, 0.29) is 6.04 Å². The smallest absolute Gasteiger partial charge is 0.369 e. The van der Waals surface area contributed by atoms with E-state index in [0.29, 0.717) is 6.54 Å². The van der Waals surface area contributed by atoms with Crippen LogP contribution in [0.3, 0.4) is 0 Å². The Hall–Kier alpha value is -2.61. The molecule has 1 aliphatic heterocycles. The van der Waals surface area contributed by atoms with Crippen molar-refractivity contribution in [1.29, 1.82) is 0 Å². The van der Waals surface area contributed by atoms with Crippen molar-refractivity contribution in [2.45, 2.75) is 19.1 Å². The molecule has 0 saturated carbocycles. The van der Waals surface area contributed by atoms with Gasteiger partial charge in [-0.15, -0.1) is 0 Å². The Bertz CT molecular complexity index is 790. The number of nitrogens with one attached hydrogen (secondary N) is 1. The van der Waals surface area contributed by atoms with Crippen LogP contribution in [-0.2, 0) is 6.18 Å². The lowest BCUT2D eigenvalue weighted by Crippen LogP contribution is -2.51. The molecule has 1 saturated heterocycles. The second-order valence-electron chi connectivity index (χ2n) is 6.90. The lowest BCUT2D eigenvalue weighted by Gasteiger charge is -2.37. The standard InChI is InChI=1S/C20H23F3N4O/c1-15(25-19(28)17-8-5-9-24-18(17)20(21,22)23)14-26-10-12-27(13-11-26)16-6-3-2-4-7-16/h2-9,15H,10-14H2,1H3,(H,25,28)/t15-/m0/s1. The minimum absolute atomic E-state index is 0.280. The largest absolute Gasteiger partial charge is 0.434 e. The number of nitrogens with zero attached hydrogens (tertiary/aromatic N) is 3. The van der Waals surface area contributed by atoms with Gasteiger partial charge in [-0.25, -0.2) is 0 Å². The second-order valence-corrected chi connectivity index (χ2v) is 6.90. The van der Waals surface area contributed by atoms with Crippen molar-refractivity contribution in [3.8, 4) is 0 Å². The molecule has 1 aliphatic rings. The van der Waals surface area contributed by atoms with Crippen molar-refractivity contribution in [1.82, 2.24) is 15.2 Å². The van der Waals surface area contributed by atoms with E-state index in [1.54, 1.807) is 6.92 Å². The molecule has 2 aromatic rings. The number of pyridine rings is 1. The lowest BCUT2D eigenvalue weighted by atomic mass is 10.1. The fourth-order valence-corrected chi connectivity index (χ4v) is 3.38. The maximum atomic E-state index is 13.0. The van der Waals surface area contributed by atoms with Gasteiger partial charge < -0.3 is 10.2 Å². The summed E-state index contributed by atoms with van der Waals surface area (Å²) in [4.78, 5) is 20.2. The average Bonchev–Trinajstić information content (AvgIpc) is 2.68. The maximum Gasteiger partial charge on any atom is 0.434 e. The molecule has 5 nitrogen and oxygen atoms in total. The Morgan fingerprint density at radius 3 is 2.43 bits per heavy atom. The molecule has 2 heterocycles. The Labute approximate surface area is 162 Å². The Kier molecular flexibility index (Phi) is 6.18. The number of amides is 1. The highest BCUT2D eigenvalue weighted by molar-refractivity contribution is 5.95. The molecular weight excluding hydrogens is 369 g/mol. The molecule has 8 heteroatoms. The van der Waals surface area contributed by atoms with Gasteiger partial charge in [-0.3, -0.25) is 14.7 Å². The van der Waals surface area contributed by atoms with Gasteiger partial charge >= 0.3 is 6.18 Å². The molecule has 0 aliphatic carbocycles. The minimum atomic E-state index is -4.66. The molecule has 1 amide bonds. The molecule has 1 aromatic carbocycles. The number of hydrogen-bond acceptors (Lipinski definition) is 4. The second kappa shape index (κ2) is 8.60. The van der Waals surface area contributed by atoms with E-state index in [0.717, 1.165) is 38.4 Å². The lowest BCUT2D eigenvalue weighted by molar-refractivity contribution is -0.141. The number of benzene rings is 1. The zero-order valence-electron chi connectivity index (χ0n) is 15.6. The number of para-hydroxylation sites is 1. The first-order valence-corrected chi connectivity index (χ1v) is 9.20. The van der Waals surface area contributed by atoms with E-state index in [4.69, 9.17) is 0 Å². The number of piperazine rings is 1. The first kappa shape index (κ1) is 20.1. The maximum absolute atomic E-state index is 13.0. The molecular formula is C20H23F3N4O. The van der Waals surface area contributed by atoms with Gasteiger partial charge in [0.05, 0.1) is 5.56 Å². The summed E-state index contributed by atoms with van der Waals surface area (Å²) in [5, 5.41) is 2.66. The van der Waals surface area contributed by atoms with Crippen LogP contribution in [0.2, 0.25) is 0 Å². The number of anilines is 1. The van der Waals surface area contributed by atoms with Gasteiger partial charge in [0.2, 0.25) is 0 Å². The van der Waals surface area contributed by atoms with Crippen LogP contribution in [0.4, 0.5) is 18.9 Å². The number of aromatic nitrogens is 1. The molecule has 0 radical (unpaired) electrons. The number of carbonyl (C=O) groups excluding carboxylic acids is 1. The summed E-state index contributed by atoms with van der Waals surface area (Å²) in [6.45, 7) is 5.77. The van der Waals surface area contributed by atoms with Gasteiger partial charge in [0, 0.05) is 50.6 Å². The molecule has 0 unspecified atom stereocenters. The molecule has 1 N–H and O–H groups in total. The van der Waals surface area contributed by atoms with E-state index in [1.165, 1.54) is 11.8 Å². The molecule has 1 fully saturated rings. The highest BCUT2D eigenvalue weighted by atomic mass is 19.4. The summed E-state index contributed by atoms with van der Waals surface area (Å²) in [5.41, 5.74) is -0.424. The number of rotatable bonds is 5. The number of alkyl halides is 3. The Balaban J connectivity index is 1.53. The van der Waals surface area contributed by atoms with E-state index in [2.05, 4.69) is 32.2 Å². The molecule has 0 bridgehead atoms. The Morgan fingerprint density at radius 1 is 1.11 bits per heavy atom. The van der Waals surface area contributed by atoms with E-state index in [9.17, 15) is 18.0 Å². The van der Waals surface area contributed by atoms with E-state index < -0.39 is 23.3 Å². The van der Waals surface area contributed by atoms with Crippen molar-refractivity contribution < 1.29 is 18.0 Å². The highest BCUT2D eigenvalue weighted by Gasteiger charge is 2.37. The zero-order valence-corrected chi connectivity index (χ0v) is 15.6. The van der Waals surface area contributed by atoms with Crippen molar-refractivity contribution in [3.63, 3.8) is 0 Å². The summed E-state index contributed by atoms with van der Waals surface area (Å²) >= 11 is 0. The quantitative estimate of drug-likeness (QED) is 0.850. The van der Waals surface area contributed by atoms with Gasteiger partial charge in [-0.05, 0) is 31.2 Å². The predicted octanol–water partition coefficient (Wildman–Crippen LogP) is 3.04. The molecule has 1 atom stereocenters.